The number of nitrogens with zero attached hydrogens (tertiary/aromatic N) is 5. The number of aryl methyl sites for hydroxylation is 1. The number of quaternary nitrogens is 1. The number of hydrogen-bond acceptors (Lipinski definition) is 4. The van der Waals surface area contributed by atoms with Crippen molar-refractivity contribution in [3.63, 3.8) is 0 Å². The Balaban J connectivity index is 1.94. The number of anilines is 1. The summed E-state index contributed by atoms with van der Waals surface area (Å²) < 4.78 is 4.58. The number of aromatic nitrogens is 4. The van der Waals surface area contributed by atoms with Gasteiger partial charge in [-0.3, -0.25) is 18.5 Å². The molecule has 0 atom stereocenters. The van der Waals surface area contributed by atoms with Crippen molar-refractivity contribution in [3.05, 3.63) is 56.7 Å². The number of rotatable bonds is 3. The number of likely N-dealkylation sites (N-methyl/N-ethyl adjacent to an activating group) is 1. The highest BCUT2D eigenvalue weighted by Crippen LogP contribution is 2.21. The van der Waals surface area contributed by atoms with Gasteiger partial charge in [-0.2, -0.15) is 4.98 Å². The summed E-state index contributed by atoms with van der Waals surface area (Å²) in [6.07, 6.45) is 0. The molecular formula is C19H25N6O2+. The molecule has 27 heavy (non-hydrogen) atoms. The van der Waals surface area contributed by atoms with Gasteiger partial charge in [0.1, 0.15) is 0 Å². The first-order valence-corrected chi connectivity index (χ1v) is 9.24. The highest BCUT2D eigenvalue weighted by Gasteiger charge is 2.25. The van der Waals surface area contributed by atoms with E-state index in [1.165, 1.54) is 16.5 Å². The Labute approximate surface area is 156 Å². The average molecular weight is 369 g/mol. The SMILES string of the molecule is Cn1c(=O)c2c(nc(N3CC[NH+](C)CC3)n2Cc2ccccc2)n(C)c1=O. The topological polar surface area (TPSA) is 69.5 Å². The third-order valence-electron chi connectivity index (χ3n) is 5.41. The molecule has 0 amide bonds. The van der Waals surface area contributed by atoms with Crippen molar-refractivity contribution in [2.75, 3.05) is 38.1 Å². The number of benzene rings is 1. The molecule has 0 aliphatic carbocycles. The molecule has 0 saturated carbocycles. The average Bonchev–Trinajstić information content (AvgIpc) is 3.05. The highest BCUT2D eigenvalue weighted by atomic mass is 16.2. The lowest BCUT2D eigenvalue weighted by Crippen LogP contribution is -3.12. The standard InChI is InChI=1S/C19H24N6O2/c1-21-9-11-24(12-10-21)18-20-16-15(17(26)23(3)19(27)22(16)2)25(18)13-14-7-5-4-6-8-14/h4-8H,9-13H2,1-3H3/p+1. The number of piperazine rings is 1. The molecule has 1 aliphatic heterocycles. The maximum atomic E-state index is 12.9. The Morgan fingerprint density at radius 3 is 2.37 bits per heavy atom. The monoisotopic (exact) mass is 369 g/mol. The van der Waals surface area contributed by atoms with E-state index < -0.39 is 0 Å². The predicted octanol–water partition coefficient (Wildman–Crippen LogP) is -1.18. The van der Waals surface area contributed by atoms with E-state index in [4.69, 9.17) is 4.98 Å². The van der Waals surface area contributed by atoms with Gasteiger partial charge in [0, 0.05) is 14.1 Å². The fourth-order valence-electron chi connectivity index (χ4n) is 3.68. The van der Waals surface area contributed by atoms with Crippen LogP contribution in [-0.4, -0.2) is 51.9 Å². The zero-order chi connectivity index (χ0) is 19.1. The molecule has 1 aliphatic rings. The molecule has 3 heterocycles. The van der Waals surface area contributed by atoms with Gasteiger partial charge < -0.3 is 9.80 Å². The van der Waals surface area contributed by atoms with Gasteiger partial charge in [-0.15, -0.1) is 0 Å². The summed E-state index contributed by atoms with van der Waals surface area (Å²) in [5.41, 5.74) is 1.35. The molecule has 0 spiro atoms. The normalized spacial score (nSPS) is 15.6. The first-order chi connectivity index (χ1) is 13.0. The molecule has 3 aromatic rings. The minimum absolute atomic E-state index is 0.303. The van der Waals surface area contributed by atoms with E-state index >= 15 is 0 Å². The Hall–Kier alpha value is -2.87. The molecule has 1 N–H and O–H groups in total. The minimum Gasteiger partial charge on any atom is -0.334 e. The molecule has 1 fully saturated rings. The summed E-state index contributed by atoms with van der Waals surface area (Å²) >= 11 is 0. The second-order valence-corrected chi connectivity index (χ2v) is 7.31. The van der Waals surface area contributed by atoms with Crippen LogP contribution in [0.15, 0.2) is 39.9 Å². The lowest BCUT2D eigenvalue weighted by molar-refractivity contribution is -0.880. The van der Waals surface area contributed by atoms with Crippen LogP contribution < -0.4 is 21.0 Å². The fourth-order valence-corrected chi connectivity index (χ4v) is 3.68. The molecule has 1 saturated heterocycles. The van der Waals surface area contributed by atoms with Crippen LogP contribution in [-0.2, 0) is 20.6 Å². The van der Waals surface area contributed by atoms with E-state index in [2.05, 4.69) is 11.9 Å². The van der Waals surface area contributed by atoms with Crippen LogP contribution in [0.3, 0.4) is 0 Å². The van der Waals surface area contributed by atoms with Crippen molar-refractivity contribution in [1.82, 2.24) is 18.7 Å². The lowest BCUT2D eigenvalue weighted by Gasteiger charge is -2.31. The van der Waals surface area contributed by atoms with E-state index in [0.29, 0.717) is 17.7 Å². The molecular weight excluding hydrogens is 344 g/mol. The van der Waals surface area contributed by atoms with Gasteiger partial charge in [-0.05, 0) is 5.56 Å². The van der Waals surface area contributed by atoms with Crippen LogP contribution in [0.2, 0.25) is 0 Å². The molecule has 8 nitrogen and oxygen atoms in total. The maximum Gasteiger partial charge on any atom is 0.332 e. The van der Waals surface area contributed by atoms with E-state index in [0.717, 1.165) is 42.3 Å². The van der Waals surface area contributed by atoms with E-state index in [1.54, 1.807) is 7.05 Å². The summed E-state index contributed by atoms with van der Waals surface area (Å²) in [7, 11) is 5.37. The molecule has 0 bridgehead atoms. The third kappa shape index (κ3) is 2.95. The number of nitrogens with one attached hydrogen (secondary N) is 1. The van der Waals surface area contributed by atoms with Gasteiger partial charge in [0.05, 0.1) is 39.8 Å². The van der Waals surface area contributed by atoms with Gasteiger partial charge in [0.2, 0.25) is 5.95 Å². The Bertz CT molecular complexity index is 1090. The van der Waals surface area contributed by atoms with Gasteiger partial charge in [0.25, 0.3) is 5.56 Å². The van der Waals surface area contributed by atoms with Crippen molar-refractivity contribution >= 4 is 17.1 Å². The summed E-state index contributed by atoms with van der Waals surface area (Å²) in [5, 5.41) is 0. The van der Waals surface area contributed by atoms with Crippen molar-refractivity contribution < 1.29 is 4.90 Å². The fraction of sp³-hybridized carbons (Fsp3) is 0.421. The molecule has 142 valence electrons. The van der Waals surface area contributed by atoms with Crippen LogP contribution in [0.5, 0.6) is 0 Å². The van der Waals surface area contributed by atoms with Crippen LogP contribution >= 0.6 is 0 Å². The minimum atomic E-state index is -0.355. The van der Waals surface area contributed by atoms with Gasteiger partial charge in [0.15, 0.2) is 11.2 Å². The van der Waals surface area contributed by atoms with Crippen molar-refractivity contribution in [2.24, 2.45) is 14.1 Å². The van der Waals surface area contributed by atoms with Crippen molar-refractivity contribution in [1.29, 1.82) is 0 Å². The van der Waals surface area contributed by atoms with Crippen LogP contribution in [0.1, 0.15) is 5.56 Å². The molecule has 0 radical (unpaired) electrons. The smallest absolute Gasteiger partial charge is 0.332 e. The first-order valence-electron chi connectivity index (χ1n) is 9.24. The van der Waals surface area contributed by atoms with Crippen LogP contribution in [0.25, 0.3) is 11.2 Å². The maximum absolute atomic E-state index is 12.9. The largest absolute Gasteiger partial charge is 0.334 e. The summed E-state index contributed by atoms with van der Waals surface area (Å²) in [6, 6.07) is 10.0. The Kier molecular flexibility index (Phi) is 4.35. The van der Waals surface area contributed by atoms with Gasteiger partial charge in [-0.1, -0.05) is 30.3 Å². The van der Waals surface area contributed by atoms with Gasteiger partial charge >= 0.3 is 5.69 Å². The molecule has 2 aromatic heterocycles. The zero-order valence-corrected chi connectivity index (χ0v) is 16.0. The van der Waals surface area contributed by atoms with E-state index in [-0.39, 0.29) is 11.2 Å². The summed E-state index contributed by atoms with van der Waals surface area (Å²) in [4.78, 5) is 33.7. The second kappa shape index (κ2) is 6.70. The second-order valence-electron chi connectivity index (χ2n) is 7.31. The van der Waals surface area contributed by atoms with E-state index in [9.17, 15) is 9.59 Å². The van der Waals surface area contributed by atoms with Crippen LogP contribution in [0, 0.1) is 0 Å². The first kappa shape index (κ1) is 17.5. The predicted molar refractivity (Wildman–Crippen MR) is 105 cm³/mol. The number of fused-ring (bicyclic) bond motifs is 1. The molecule has 0 unspecified atom stereocenters. The quantitative estimate of drug-likeness (QED) is 0.631. The lowest BCUT2D eigenvalue weighted by atomic mass is 10.2. The third-order valence-corrected chi connectivity index (χ3v) is 5.41. The number of imidazole rings is 1. The van der Waals surface area contributed by atoms with Crippen LogP contribution in [0.4, 0.5) is 5.95 Å². The molecule has 1 aromatic carbocycles. The van der Waals surface area contributed by atoms with Crippen molar-refractivity contribution in [2.45, 2.75) is 6.54 Å². The molecule has 4 rings (SSSR count). The Morgan fingerprint density at radius 1 is 1.04 bits per heavy atom. The number of hydrogen-bond donors (Lipinski definition) is 1. The zero-order valence-electron chi connectivity index (χ0n) is 16.0. The molecule has 8 heteroatoms. The summed E-state index contributed by atoms with van der Waals surface area (Å²) in [6.45, 7) is 4.33. The van der Waals surface area contributed by atoms with Gasteiger partial charge in [-0.25, -0.2) is 4.79 Å². The van der Waals surface area contributed by atoms with Crippen molar-refractivity contribution in [3.8, 4) is 0 Å². The van der Waals surface area contributed by atoms with E-state index in [1.807, 2.05) is 34.9 Å². The summed E-state index contributed by atoms with van der Waals surface area (Å²) in [5.74, 6) is 0.764. The Morgan fingerprint density at radius 2 is 1.70 bits per heavy atom. The highest BCUT2D eigenvalue weighted by molar-refractivity contribution is 5.74.